The Labute approximate surface area is 80.8 Å². The summed E-state index contributed by atoms with van der Waals surface area (Å²) in [6.45, 7) is 1.95. The molecule has 0 radical (unpaired) electrons. The highest BCUT2D eigenvalue weighted by atomic mass is 35.5. The van der Waals surface area contributed by atoms with Crippen LogP contribution in [0.4, 0.5) is 0 Å². The highest BCUT2D eigenvalue weighted by molar-refractivity contribution is 6.29. The number of nitrogens with zero attached hydrogens (tertiary/aromatic N) is 1. The molecule has 1 rings (SSSR count). The van der Waals surface area contributed by atoms with E-state index in [1.165, 1.54) is 6.08 Å². The van der Waals surface area contributed by atoms with Crippen molar-refractivity contribution in [1.29, 1.82) is 0 Å². The van der Waals surface area contributed by atoms with Gasteiger partial charge in [-0.1, -0.05) is 29.8 Å². The molecule has 0 bridgehead atoms. The van der Waals surface area contributed by atoms with Crippen molar-refractivity contribution in [2.45, 2.75) is 6.92 Å². The maximum Gasteiger partial charge on any atom is 0.337 e. The van der Waals surface area contributed by atoms with E-state index in [0.29, 0.717) is 0 Å². The zero-order valence-corrected chi connectivity index (χ0v) is 7.78. The second-order valence-electron chi connectivity index (χ2n) is 2.63. The molecule has 68 valence electrons. The zero-order chi connectivity index (χ0) is 9.84. The van der Waals surface area contributed by atoms with Gasteiger partial charge >= 0.3 is 5.16 Å². The molecule has 0 aliphatic carbocycles. The fraction of sp³-hybridized carbons (Fsp3) is 0.111. The Balaban J connectivity index is 2.92. The second-order valence-corrected chi connectivity index (χ2v) is 3.02. The van der Waals surface area contributed by atoms with Crippen molar-refractivity contribution in [3.63, 3.8) is 0 Å². The monoisotopic (exact) mass is 197 g/mol. The summed E-state index contributed by atoms with van der Waals surface area (Å²) in [5, 5.41) is 9.80. The molecule has 0 N–H and O–H groups in total. The highest BCUT2D eigenvalue weighted by Crippen LogP contribution is 2.11. The lowest BCUT2D eigenvalue weighted by Crippen LogP contribution is -1.90. The van der Waals surface area contributed by atoms with Gasteiger partial charge in [0.1, 0.15) is 0 Å². The first-order chi connectivity index (χ1) is 6.09. The number of hydrogen-bond donors (Lipinski definition) is 0. The fourth-order valence-electron chi connectivity index (χ4n) is 0.853. The Morgan fingerprint density at radius 3 is 2.46 bits per heavy atom. The minimum Gasteiger partial charge on any atom is -0.257 e. The predicted molar refractivity (Wildman–Crippen MR) is 52.0 cm³/mol. The number of aryl methyl sites for hydroxylation is 1. The molecule has 1 aromatic rings. The Morgan fingerprint density at radius 1 is 1.46 bits per heavy atom. The van der Waals surface area contributed by atoms with Gasteiger partial charge < -0.3 is 0 Å². The van der Waals surface area contributed by atoms with Crippen molar-refractivity contribution in [2.75, 3.05) is 0 Å². The highest BCUT2D eigenvalue weighted by Gasteiger charge is 2.04. The van der Waals surface area contributed by atoms with E-state index in [-0.39, 0.29) is 5.16 Å². The van der Waals surface area contributed by atoms with Crippen LogP contribution in [0.15, 0.2) is 29.4 Å². The van der Waals surface area contributed by atoms with Crippen LogP contribution in [0.3, 0.4) is 0 Å². The first kappa shape index (κ1) is 9.74. The number of hydrogen-bond acceptors (Lipinski definition) is 2. The van der Waals surface area contributed by atoms with Crippen LogP contribution in [0.1, 0.15) is 11.1 Å². The molecule has 0 spiro atoms. The average Bonchev–Trinajstić information content (AvgIpc) is 2.08. The SMILES string of the molecule is Cc1ccc(/C=C(\Cl)[N+](=O)[O-])cc1. The van der Waals surface area contributed by atoms with Gasteiger partial charge in [0.05, 0.1) is 4.92 Å². The molecular weight excluding hydrogens is 190 g/mol. The summed E-state index contributed by atoms with van der Waals surface area (Å²) >= 11 is 5.35. The van der Waals surface area contributed by atoms with E-state index in [0.717, 1.165) is 11.1 Å². The van der Waals surface area contributed by atoms with Gasteiger partial charge in [0.15, 0.2) is 0 Å². The van der Waals surface area contributed by atoms with E-state index in [1.807, 2.05) is 19.1 Å². The Hall–Kier alpha value is -1.35. The quantitative estimate of drug-likeness (QED) is 0.416. The van der Waals surface area contributed by atoms with Crippen LogP contribution < -0.4 is 0 Å². The van der Waals surface area contributed by atoms with Crippen molar-refractivity contribution >= 4 is 17.7 Å². The van der Waals surface area contributed by atoms with E-state index in [9.17, 15) is 10.1 Å². The van der Waals surface area contributed by atoms with Crippen molar-refractivity contribution in [1.82, 2.24) is 0 Å². The molecule has 13 heavy (non-hydrogen) atoms. The topological polar surface area (TPSA) is 43.1 Å². The Bertz CT molecular complexity index is 343. The molecule has 0 unspecified atom stereocenters. The third-order valence-electron chi connectivity index (χ3n) is 1.54. The van der Waals surface area contributed by atoms with Gasteiger partial charge in [-0.05, 0) is 24.1 Å². The molecular formula is C9H8ClNO2. The van der Waals surface area contributed by atoms with Crippen molar-refractivity contribution in [2.24, 2.45) is 0 Å². The standard InChI is InChI=1S/C9H8ClNO2/c1-7-2-4-8(5-3-7)6-9(10)11(12)13/h2-6H,1H3/b9-6+. The Morgan fingerprint density at radius 2 is 2.00 bits per heavy atom. The molecule has 0 amide bonds. The Kier molecular flexibility index (Phi) is 3.03. The summed E-state index contributed by atoms with van der Waals surface area (Å²) < 4.78 is 0. The molecule has 0 heterocycles. The van der Waals surface area contributed by atoms with Crippen LogP contribution in [0.5, 0.6) is 0 Å². The van der Waals surface area contributed by atoms with Crippen LogP contribution in [-0.4, -0.2) is 4.92 Å². The van der Waals surface area contributed by atoms with Crippen LogP contribution in [-0.2, 0) is 0 Å². The van der Waals surface area contributed by atoms with Crippen LogP contribution in [0.2, 0.25) is 0 Å². The number of rotatable bonds is 2. The van der Waals surface area contributed by atoms with Gasteiger partial charge in [-0.3, -0.25) is 10.1 Å². The molecule has 0 fully saturated rings. The molecule has 0 saturated heterocycles. The van der Waals surface area contributed by atoms with Gasteiger partial charge in [0.2, 0.25) is 0 Å². The van der Waals surface area contributed by atoms with Crippen LogP contribution in [0, 0.1) is 17.0 Å². The normalized spacial score (nSPS) is 11.4. The average molecular weight is 198 g/mol. The fourth-order valence-corrected chi connectivity index (χ4v) is 0.979. The van der Waals surface area contributed by atoms with E-state index in [4.69, 9.17) is 11.6 Å². The molecule has 3 nitrogen and oxygen atoms in total. The van der Waals surface area contributed by atoms with Crippen molar-refractivity contribution in [3.8, 4) is 0 Å². The minimum absolute atomic E-state index is 0.371. The second kappa shape index (κ2) is 4.05. The summed E-state index contributed by atoms with van der Waals surface area (Å²) in [6.07, 6.45) is 1.32. The third kappa shape index (κ3) is 2.87. The summed E-state index contributed by atoms with van der Waals surface area (Å²) in [5.41, 5.74) is 1.83. The molecule has 0 atom stereocenters. The molecule has 0 aromatic heterocycles. The van der Waals surface area contributed by atoms with Gasteiger partial charge in [0.25, 0.3) is 0 Å². The lowest BCUT2D eigenvalue weighted by molar-refractivity contribution is -0.410. The lowest BCUT2D eigenvalue weighted by atomic mass is 10.1. The minimum atomic E-state index is -0.624. The van der Waals surface area contributed by atoms with E-state index in [1.54, 1.807) is 12.1 Å². The van der Waals surface area contributed by atoms with Gasteiger partial charge in [0, 0.05) is 6.08 Å². The number of benzene rings is 1. The maximum absolute atomic E-state index is 10.2. The van der Waals surface area contributed by atoms with Crippen molar-refractivity contribution < 1.29 is 4.92 Å². The summed E-state index contributed by atoms with van der Waals surface area (Å²) in [7, 11) is 0. The number of nitro groups is 1. The smallest absolute Gasteiger partial charge is 0.257 e. The zero-order valence-electron chi connectivity index (χ0n) is 7.03. The molecule has 4 heteroatoms. The van der Waals surface area contributed by atoms with E-state index < -0.39 is 4.92 Å². The first-order valence-corrected chi connectivity index (χ1v) is 4.05. The van der Waals surface area contributed by atoms with Crippen molar-refractivity contribution in [3.05, 3.63) is 50.7 Å². The largest absolute Gasteiger partial charge is 0.337 e. The van der Waals surface area contributed by atoms with Gasteiger partial charge in [-0.2, -0.15) is 0 Å². The number of halogens is 1. The predicted octanol–water partition coefficient (Wildman–Crippen LogP) is 2.81. The maximum atomic E-state index is 10.2. The summed E-state index contributed by atoms with van der Waals surface area (Å²) in [5.74, 6) is 0. The molecule has 0 aliphatic rings. The lowest BCUT2D eigenvalue weighted by Gasteiger charge is -1.93. The third-order valence-corrected chi connectivity index (χ3v) is 1.78. The molecule has 1 aromatic carbocycles. The first-order valence-electron chi connectivity index (χ1n) is 3.68. The van der Waals surface area contributed by atoms with E-state index in [2.05, 4.69) is 0 Å². The van der Waals surface area contributed by atoms with Gasteiger partial charge in [-0.15, -0.1) is 0 Å². The van der Waals surface area contributed by atoms with Gasteiger partial charge in [-0.25, -0.2) is 0 Å². The van der Waals surface area contributed by atoms with E-state index >= 15 is 0 Å². The van der Waals surface area contributed by atoms with Crippen LogP contribution >= 0.6 is 11.6 Å². The molecule has 0 saturated carbocycles. The molecule has 0 aliphatic heterocycles. The summed E-state index contributed by atoms with van der Waals surface area (Å²) in [6, 6.07) is 7.30. The van der Waals surface area contributed by atoms with Crippen LogP contribution in [0.25, 0.3) is 6.08 Å². The summed E-state index contributed by atoms with van der Waals surface area (Å²) in [4.78, 5) is 9.55.